The Labute approximate surface area is 151 Å². The maximum absolute atomic E-state index is 12.7. The minimum atomic E-state index is -3.82. The van der Waals surface area contributed by atoms with Gasteiger partial charge < -0.3 is 5.11 Å². The molecule has 9 heteroatoms. The molecule has 1 aromatic heterocycles. The van der Waals surface area contributed by atoms with E-state index in [0.29, 0.717) is 18.5 Å². The van der Waals surface area contributed by atoms with Crippen LogP contribution in [-0.4, -0.2) is 35.3 Å². The van der Waals surface area contributed by atoms with Crippen LogP contribution in [0.1, 0.15) is 26.7 Å². The Bertz CT molecular complexity index is 1050. The molecule has 2 aromatic rings. The first-order valence-corrected chi connectivity index (χ1v) is 10.2. The van der Waals surface area contributed by atoms with Crippen LogP contribution in [0.4, 0.5) is 0 Å². The van der Waals surface area contributed by atoms with Gasteiger partial charge in [0, 0.05) is 25.7 Å². The summed E-state index contributed by atoms with van der Waals surface area (Å²) in [5, 5.41) is 9.43. The highest BCUT2D eigenvalue weighted by atomic mass is 32.2. The molecule has 0 amide bonds. The Morgan fingerprint density at radius 2 is 1.85 bits per heavy atom. The fraction of sp³-hybridized carbons (Fsp3) is 0.529. The van der Waals surface area contributed by atoms with Crippen LogP contribution in [0.3, 0.4) is 0 Å². The molecule has 2 N–H and O–H groups in total. The molecule has 2 atom stereocenters. The molecule has 0 bridgehead atoms. The highest BCUT2D eigenvalue weighted by Gasteiger charge is 2.34. The van der Waals surface area contributed by atoms with Gasteiger partial charge in [0.25, 0.3) is 5.56 Å². The lowest BCUT2D eigenvalue weighted by Crippen LogP contribution is -2.48. The molecular weight excluding hydrogens is 358 g/mol. The molecule has 1 aliphatic rings. The molecule has 142 valence electrons. The topological polar surface area (TPSA) is 110 Å². The Morgan fingerprint density at radius 1 is 1.15 bits per heavy atom. The van der Waals surface area contributed by atoms with Crippen molar-refractivity contribution in [3.63, 3.8) is 0 Å². The number of aliphatic hydroxyl groups excluding tert-OH is 1. The Balaban J connectivity index is 2.12. The number of sulfonamides is 1. The first-order valence-electron chi connectivity index (χ1n) is 8.74. The Kier molecular flexibility index (Phi) is 5.05. The smallest absolute Gasteiger partial charge is 0.331 e. The molecule has 1 saturated carbocycles. The van der Waals surface area contributed by atoms with Crippen molar-refractivity contribution in [1.82, 2.24) is 13.9 Å². The molecule has 1 fully saturated rings. The number of fused-ring (bicyclic) bond motifs is 1. The molecule has 1 aliphatic carbocycles. The van der Waals surface area contributed by atoms with Crippen LogP contribution < -0.4 is 16.0 Å². The standard InChI is InChI=1S/C17H23N3O5S/c1-3-19-15-8-6-12(9-13(15)16(22)20(4-2)17(19)23)26(24,25)18-14-7-5-11(14)10-21/h6,8-9,11,14,18,21H,3-5,7,10H2,1-2H3/t11-,14+/m0/s1. The fourth-order valence-corrected chi connectivity index (χ4v) is 4.73. The van der Waals surface area contributed by atoms with Gasteiger partial charge in [0.15, 0.2) is 0 Å². The number of aliphatic hydroxyl groups is 1. The molecule has 1 heterocycles. The summed E-state index contributed by atoms with van der Waals surface area (Å²) < 4.78 is 30.5. The highest BCUT2D eigenvalue weighted by Crippen LogP contribution is 2.28. The van der Waals surface area contributed by atoms with E-state index in [1.165, 1.54) is 22.8 Å². The van der Waals surface area contributed by atoms with Crippen molar-refractivity contribution in [3.8, 4) is 0 Å². The van der Waals surface area contributed by atoms with Crippen LogP contribution in [0.2, 0.25) is 0 Å². The van der Waals surface area contributed by atoms with Gasteiger partial charge in [-0.05, 0) is 50.8 Å². The van der Waals surface area contributed by atoms with E-state index in [4.69, 9.17) is 0 Å². The predicted octanol–water partition coefficient (Wildman–Crippen LogP) is 0.252. The molecule has 0 saturated heterocycles. The zero-order valence-electron chi connectivity index (χ0n) is 14.8. The van der Waals surface area contributed by atoms with E-state index < -0.39 is 21.3 Å². The maximum atomic E-state index is 12.7. The first kappa shape index (κ1) is 18.8. The number of hydrogen-bond acceptors (Lipinski definition) is 5. The lowest BCUT2D eigenvalue weighted by Gasteiger charge is -2.35. The maximum Gasteiger partial charge on any atom is 0.331 e. The zero-order chi connectivity index (χ0) is 19.1. The predicted molar refractivity (Wildman–Crippen MR) is 97.7 cm³/mol. The number of aryl methyl sites for hydroxylation is 1. The second kappa shape index (κ2) is 6.98. The van der Waals surface area contributed by atoms with Gasteiger partial charge in [-0.15, -0.1) is 0 Å². The van der Waals surface area contributed by atoms with Gasteiger partial charge in [0.05, 0.1) is 15.8 Å². The summed E-state index contributed by atoms with van der Waals surface area (Å²) in [7, 11) is -3.82. The van der Waals surface area contributed by atoms with Crippen molar-refractivity contribution >= 4 is 20.9 Å². The summed E-state index contributed by atoms with van der Waals surface area (Å²) in [5.41, 5.74) is -0.476. The Morgan fingerprint density at radius 3 is 2.38 bits per heavy atom. The third-order valence-electron chi connectivity index (χ3n) is 5.10. The Hall–Kier alpha value is -1.97. The van der Waals surface area contributed by atoms with Crippen molar-refractivity contribution in [2.24, 2.45) is 5.92 Å². The quantitative estimate of drug-likeness (QED) is 0.745. The van der Waals surface area contributed by atoms with Gasteiger partial charge in [0.2, 0.25) is 10.0 Å². The molecular formula is C17H23N3O5S. The van der Waals surface area contributed by atoms with E-state index >= 15 is 0 Å². The number of benzene rings is 1. The summed E-state index contributed by atoms with van der Waals surface area (Å²) in [6.07, 6.45) is 1.46. The molecule has 3 rings (SSSR count). The normalized spacial score (nSPS) is 20.3. The number of aromatic nitrogens is 2. The first-order chi connectivity index (χ1) is 12.3. The van der Waals surface area contributed by atoms with Crippen LogP contribution in [0.25, 0.3) is 10.9 Å². The molecule has 26 heavy (non-hydrogen) atoms. The van der Waals surface area contributed by atoms with E-state index in [2.05, 4.69) is 4.72 Å². The zero-order valence-corrected chi connectivity index (χ0v) is 15.6. The summed E-state index contributed by atoms with van der Waals surface area (Å²) in [5.74, 6) is -0.0761. The van der Waals surface area contributed by atoms with Crippen LogP contribution in [-0.2, 0) is 23.1 Å². The summed E-state index contributed by atoms with van der Waals surface area (Å²) >= 11 is 0. The van der Waals surface area contributed by atoms with Gasteiger partial charge >= 0.3 is 5.69 Å². The van der Waals surface area contributed by atoms with Gasteiger partial charge in [0.1, 0.15) is 0 Å². The number of rotatable bonds is 6. The molecule has 0 unspecified atom stereocenters. The van der Waals surface area contributed by atoms with E-state index in [0.717, 1.165) is 11.0 Å². The molecule has 0 aliphatic heterocycles. The average Bonchev–Trinajstić information content (AvgIpc) is 2.60. The number of nitrogens with one attached hydrogen (secondary N) is 1. The third-order valence-corrected chi connectivity index (χ3v) is 6.59. The van der Waals surface area contributed by atoms with Crippen molar-refractivity contribution in [2.75, 3.05) is 6.61 Å². The summed E-state index contributed by atoms with van der Waals surface area (Å²) in [6, 6.07) is 3.93. The minimum absolute atomic E-state index is 0.0188. The summed E-state index contributed by atoms with van der Waals surface area (Å²) in [4.78, 5) is 25.0. The molecule has 1 aromatic carbocycles. The van der Waals surface area contributed by atoms with Crippen LogP contribution in [0.5, 0.6) is 0 Å². The molecule has 0 radical (unpaired) electrons. The highest BCUT2D eigenvalue weighted by molar-refractivity contribution is 7.89. The SMILES string of the molecule is CCn1c(=O)c2cc(S(=O)(=O)N[C@@H]3CC[C@H]3CO)ccc2n(CC)c1=O. The largest absolute Gasteiger partial charge is 0.396 e. The van der Waals surface area contributed by atoms with E-state index in [-0.39, 0.29) is 35.4 Å². The van der Waals surface area contributed by atoms with E-state index in [1.54, 1.807) is 13.8 Å². The van der Waals surface area contributed by atoms with Crippen LogP contribution >= 0.6 is 0 Å². The van der Waals surface area contributed by atoms with Gasteiger partial charge in [-0.2, -0.15) is 0 Å². The summed E-state index contributed by atoms with van der Waals surface area (Å²) in [6.45, 7) is 4.02. The lowest BCUT2D eigenvalue weighted by atomic mass is 9.81. The second-order valence-electron chi connectivity index (χ2n) is 6.50. The molecule has 0 spiro atoms. The van der Waals surface area contributed by atoms with Crippen molar-refractivity contribution in [2.45, 2.75) is 50.7 Å². The van der Waals surface area contributed by atoms with Gasteiger partial charge in [-0.3, -0.25) is 13.9 Å². The lowest BCUT2D eigenvalue weighted by molar-refractivity contribution is 0.129. The van der Waals surface area contributed by atoms with Crippen LogP contribution in [0, 0.1) is 5.92 Å². The second-order valence-corrected chi connectivity index (χ2v) is 8.22. The van der Waals surface area contributed by atoms with Crippen molar-refractivity contribution in [3.05, 3.63) is 39.0 Å². The fourth-order valence-electron chi connectivity index (χ4n) is 3.36. The van der Waals surface area contributed by atoms with E-state index in [9.17, 15) is 23.1 Å². The van der Waals surface area contributed by atoms with Crippen molar-refractivity contribution < 1.29 is 13.5 Å². The number of hydrogen-bond donors (Lipinski definition) is 2. The minimum Gasteiger partial charge on any atom is -0.396 e. The van der Waals surface area contributed by atoms with Crippen molar-refractivity contribution in [1.29, 1.82) is 0 Å². The third kappa shape index (κ3) is 3.00. The van der Waals surface area contributed by atoms with E-state index in [1.807, 2.05) is 0 Å². The average molecular weight is 381 g/mol. The van der Waals surface area contributed by atoms with Crippen LogP contribution in [0.15, 0.2) is 32.7 Å². The van der Waals surface area contributed by atoms with Gasteiger partial charge in [-0.25, -0.2) is 17.9 Å². The monoisotopic (exact) mass is 381 g/mol. The number of nitrogens with zero attached hydrogens (tertiary/aromatic N) is 2. The van der Waals surface area contributed by atoms with Gasteiger partial charge in [-0.1, -0.05) is 0 Å². The molecule has 8 nitrogen and oxygen atoms in total.